The van der Waals surface area contributed by atoms with E-state index in [1.807, 2.05) is 0 Å². The zero-order valence-electron chi connectivity index (χ0n) is 17.9. The Morgan fingerprint density at radius 1 is 1.14 bits per heavy atom. The number of aromatic nitrogens is 3. The average molecular weight is 510 g/mol. The second-order valence-electron chi connectivity index (χ2n) is 7.70. The first-order chi connectivity index (χ1) is 13.7. The molecule has 0 aliphatic carbocycles. The third-order valence-corrected chi connectivity index (χ3v) is 5.34. The number of aryl methyl sites for hydroxylation is 2. The standard InChI is InChI=1S/C22H34N6.HI/c1-4-23-22(25-16-18(3)19-11-9-17(2)10-12-19)24-14-13-21-27-26-20-8-6-5-7-15-28(20)21;/h9-12,18H,4-8,13-16H2,1-3H3,(H2,23,24,25);1H. The van der Waals surface area contributed by atoms with Gasteiger partial charge in [-0.2, -0.15) is 0 Å². The molecule has 2 N–H and O–H groups in total. The van der Waals surface area contributed by atoms with E-state index in [1.54, 1.807) is 0 Å². The SMILES string of the molecule is CCNC(=NCC(C)c1ccc(C)cc1)NCCc1nnc2n1CCCCC2.I. The van der Waals surface area contributed by atoms with Gasteiger partial charge in [0.1, 0.15) is 11.6 Å². The Kier molecular flexibility index (Phi) is 9.90. The van der Waals surface area contributed by atoms with Gasteiger partial charge >= 0.3 is 0 Å². The van der Waals surface area contributed by atoms with Crippen LogP contribution < -0.4 is 10.6 Å². The van der Waals surface area contributed by atoms with E-state index in [1.165, 1.54) is 30.4 Å². The summed E-state index contributed by atoms with van der Waals surface area (Å²) in [5.74, 6) is 3.51. The highest BCUT2D eigenvalue weighted by Gasteiger charge is 2.14. The summed E-state index contributed by atoms with van der Waals surface area (Å²) in [6, 6.07) is 8.74. The average Bonchev–Trinajstić information content (AvgIpc) is 2.93. The van der Waals surface area contributed by atoms with Crippen LogP contribution in [0.5, 0.6) is 0 Å². The van der Waals surface area contributed by atoms with Crippen molar-refractivity contribution in [2.24, 2.45) is 4.99 Å². The maximum absolute atomic E-state index is 4.79. The molecule has 1 aromatic heterocycles. The molecule has 1 atom stereocenters. The fraction of sp³-hybridized carbons (Fsp3) is 0.591. The lowest BCUT2D eigenvalue weighted by molar-refractivity contribution is 0.600. The molecule has 0 spiro atoms. The van der Waals surface area contributed by atoms with Crippen molar-refractivity contribution < 1.29 is 0 Å². The quantitative estimate of drug-likeness (QED) is 0.338. The van der Waals surface area contributed by atoms with Gasteiger partial charge in [-0.15, -0.1) is 34.2 Å². The molecule has 1 aliphatic heterocycles. The van der Waals surface area contributed by atoms with Crippen molar-refractivity contribution in [3.8, 4) is 0 Å². The lowest BCUT2D eigenvalue weighted by Crippen LogP contribution is -2.38. The Hall–Kier alpha value is -1.64. The van der Waals surface area contributed by atoms with Crippen molar-refractivity contribution in [1.82, 2.24) is 25.4 Å². The van der Waals surface area contributed by atoms with Gasteiger partial charge in [0.05, 0.1) is 0 Å². The van der Waals surface area contributed by atoms with Gasteiger partial charge in [-0.3, -0.25) is 4.99 Å². The number of halogens is 1. The first-order valence-electron chi connectivity index (χ1n) is 10.7. The highest BCUT2D eigenvalue weighted by atomic mass is 127. The fourth-order valence-corrected chi connectivity index (χ4v) is 3.59. The van der Waals surface area contributed by atoms with Crippen molar-refractivity contribution in [3.05, 3.63) is 47.0 Å². The van der Waals surface area contributed by atoms with Gasteiger partial charge in [0.15, 0.2) is 5.96 Å². The molecule has 2 heterocycles. The molecule has 160 valence electrons. The van der Waals surface area contributed by atoms with E-state index >= 15 is 0 Å². The molecule has 1 unspecified atom stereocenters. The normalized spacial score (nSPS) is 15.1. The maximum atomic E-state index is 4.79. The number of hydrogen-bond acceptors (Lipinski definition) is 3. The Morgan fingerprint density at radius 3 is 2.69 bits per heavy atom. The molecule has 3 rings (SSSR count). The minimum atomic E-state index is 0. The van der Waals surface area contributed by atoms with Gasteiger partial charge < -0.3 is 15.2 Å². The van der Waals surface area contributed by atoms with Crippen molar-refractivity contribution >= 4 is 29.9 Å². The van der Waals surface area contributed by atoms with E-state index in [0.29, 0.717) is 5.92 Å². The number of rotatable bonds is 7. The van der Waals surface area contributed by atoms with Gasteiger partial charge in [0, 0.05) is 44.9 Å². The molecule has 29 heavy (non-hydrogen) atoms. The maximum Gasteiger partial charge on any atom is 0.191 e. The molecule has 7 heteroatoms. The molecule has 0 fully saturated rings. The van der Waals surface area contributed by atoms with E-state index in [-0.39, 0.29) is 24.0 Å². The van der Waals surface area contributed by atoms with Gasteiger partial charge in [0.25, 0.3) is 0 Å². The topological polar surface area (TPSA) is 67.1 Å². The summed E-state index contributed by atoms with van der Waals surface area (Å²) < 4.78 is 2.32. The summed E-state index contributed by atoms with van der Waals surface area (Å²) in [5.41, 5.74) is 2.62. The molecule has 6 nitrogen and oxygen atoms in total. The first-order valence-corrected chi connectivity index (χ1v) is 10.7. The Balaban J connectivity index is 0.00000300. The molecule has 1 aliphatic rings. The van der Waals surface area contributed by atoms with E-state index in [2.05, 4.69) is 70.4 Å². The second kappa shape index (κ2) is 12.1. The minimum absolute atomic E-state index is 0. The third-order valence-electron chi connectivity index (χ3n) is 5.34. The summed E-state index contributed by atoms with van der Waals surface area (Å²) in [6.45, 7) is 9.92. The fourth-order valence-electron chi connectivity index (χ4n) is 3.59. The summed E-state index contributed by atoms with van der Waals surface area (Å²) in [5, 5.41) is 15.6. The van der Waals surface area contributed by atoms with Crippen molar-refractivity contribution in [3.63, 3.8) is 0 Å². The van der Waals surface area contributed by atoms with Crippen LogP contribution in [0.2, 0.25) is 0 Å². The number of benzene rings is 1. The number of guanidine groups is 1. The lowest BCUT2D eigenvalue weighted by atomic mass is 10.0. The van der Waals surface area contributed by atoms with Gasteiger partial charge in [0.2, 0.25) is 0 Å². The second-order valence-corrected chi connectivity index (χ2v) is 7.70. The molecule has 0 amide bonds. The Morgan fingerprint density at radius 2 is 1.93 bits per heavy atom. The van der Waals surface area contributed by atoms with Crippen molar-refractivity contribution in [2.45, 2.75) is 65.3 Å². The molecule has 0 saturated carbocycles. The third kappa shape index (κ3) is 6.97. The minimum Gasteiger partial charge on any atom is -0.357 e. The predicted molar refractivity (Wildman–Crippen MR) is 130 cm³/mol. The summed E-state index contributed by atoms with van der Waals surface area (Å²) in [6.07, 6.45) is 5.67. The van der Waals surface area contributed by atoms with Crippen LogP contribution in [0, 0.1) is 6.92 Å². The van der Waals surface area contributed by atoms with Crippen LogP contribution in [0.3, 0.4) is 0 Å². The molecule has 1 aromatic carbocycles. The van der Waals surface area contributed by atoms with Crippen LogP contribution >= 0.6 is 24.0 Å². The Labute approximate surface area is 192 Å². The predicted octanol–water partition coefficient (Wildman–Crippen LogP) is 3.83. The van der Waals surface area contributed by atoms with E-state index in [4.69, 9.17) is 4.99 Å². The lowest BCUT2D eigenvalue weighted by Gasteiger charge is -2.14. The first kappa shape index (κ1) is 23.6. The Bertz CT molecular complexity index is 768. The smallest absolute Gasteiger partial charge is 0.191 e. The van der Waals surface area contributed by atoms with Crippen LogP contribution in [-0.2, 0) is 19.4 Å². The molecular formula is C22H35IN6. The zero-order chi connectivity index (χ0) is 19.8. The van der Waals surface area contributed by atoms with Crippen LogP contribution in [0.15, 0.2) is 29.3 Å². The van der Waals surface area contributed by atoms with Gasteiger partial charge in [-0.1, -0.05) is 43.2 Å². The van der Waals surface area contributed by atoms with Crippen LogP contribution in [0.1, 0.15) is 61.8 Å². The van der Waals surface area contributed by atoms with Gasteiger partial charge in [-0.25, -0.2) is 0 Å². The van der Waals surface area contributed by atoms with E-state index in [9.17, 15) is 0 Å². The molecular weight excluding hydrogens is 475 g/mol. The van der Waals surface area contributed by atoms with Crippen LogP contribution in [-0.4, -0.2) is 40.4 Å². The summed E-state index contributed by atoms with van der Waals surface area (Å²) in [4.78, 5) is 4.79. The van der Waals surface area contributed by atoms with Gasteiger partial charge in [-0.05, 0) is 32.3 Å². The summed E-state index contributed by atoms with van der Waals surface area (Å²) in [7, 11) is 0. The van der Waals surface area contributed by atoms with E-state index < -0.39 is 0 Å². The number of nitrogens with zero attached hydrogens (tertiary/aromatic N) is 4. The number of aliphatic imine (C=N–C) groups is 1. The van der Waals surface area contributed by atoms with Crippen molar-refractivity contribution in [2.75, 3.05) is 19.6 Å². The van der Waals surface area contributed by atoms with Crippen molar-refractivity contribution in [1.29, 1.82) is 0 Å². The number of nitrogens with one attached hydrogen (secondary N) is 2. The highest BCUT2D eigenvalue weighted by Crippen LogP contribution is 2.16. The van der Waals surface area contributed by atoms with Crippen LogP contribution in [0.25, 0.3) is 0 Å². The molecule has 0 saturated heterocycles. The monoisotopic (exact) mass is 510 g/mol. The highest BCUT2D eigenvalue weighted by molar-refractivity contribution is 14.0. The molecule has 0 bridgehead atoms. The van der Waals surface area contributed by atoms with E-state index in [0.717, 1.165) is 56.6 Å². The number of hydrogen-bond donors (Lipinski definition) is 2. The molecule has 2 aromatic rings. The largest absolute Gasteiger partial charge is 0.357 e. The van der Waals surface area contributed by atoms with Crippen LogP contribution in [0.4, 0.5) is 0 Å². The molecule has 0 radical (unpaired) electrons. The summed E-state index contributed by atoms with van der Waals surface area (Å²) >= 11 is 0. The number of fused-ring (bicyclic) bond motifs is 1. The zero-order valence-corrected chi connectivity index (χ0v) is 20.3.